The van der Waals surface area contributed by atoms with E-state index in [1.54, 1.807) is 0 Å². The molecule has 1 saturated heterocycles. The van der Waals surface area contributed by atoms with Crippen molar-refractivity contribution in [2.75, 3.05) is 0 Å². The molecule has 3 rings (SSSR count). The largest absolute Gasteiger partial charge is 0.494 e. The summed E-state index contributed by atoms with van der Waals surface area (Å²) >= 11 is 0. The van der Waals surface area contributed by atoms with Crippen LogP contribution < -0.4 is 5.46 Å². The smallest absolute Gasteiger partial charge is 0.399 e. The zero-order valence-corrected chi connectivity index (χ0v) is 12.1. The van der Waals surface area contributed by atoms with E-state index >= 15 is 0 Å². The monoisotopic (exact) mass is 258 g/mol. The lowest BCUT2D eigenvalue weighted by molar-refractivity contribution is 0.00578. The van der Waals surface area contributed by atoms with E-state index in [1.807, 2.05) is 30.1 Å². The Bertz CT molecular complexity index is 617. The highest BCUT2D eigenvalue weighted by Gasteiger charge is 2.51. The van der Waals surface area contributed by atoms with Gasteiger partial charge in [-0.2, -0.15) is 0 Å². The quantitative estimate of drug-likeness (QED) is 0.733. The Morgan fingerprint density at radius 2 is 1.74 bits per heavy atom. The molecule has 0 unspecified atom stereocenters. The van der Waals surface area contributed by atoms with Gasteiger partial charge in [0.25, 0.3) is 0 Å². The summed E-state index contributed by atoms with van der Waals surface area (Å²) in [5, 5.41) is 0. The van der Waals surface area contributed by atoms with Gasteiger partial charge in [-0.25, -0.2) is 4.98 Å². The number of benzene rings is 1. The standard InChI is InChI=1S/C14H19BN2O2/c1-13(2)14(3,4)19-15(18-13)10-6-7-12-11(8-10)16-9-17(12)5/h6-9H,1-5H3. The highest BCUT2D eigenvalue weighted by molar-refractivity contribution is 6.62. The van der Waals surface area contributed by atoms with E-state index in [4.69, 9.17) is 9.31 Å². The fraction of sp³-hybridized carbons (Fsp3) is 0.500. The molecule has 2 heterocycles. The molecule has 5 heteroatoms. The van der Waals surface area contributed by atoms with Crippen molar-refractivity contribution >= 4 is 23.6 Å². The average molecular weight is 258 g/mol. The van der Waals surface area contributed by atoms with Crippen LogP contribution in [0.5, 0.6) is 0 Å². The van der Waals surface area contributed by atoms with E-state index in [0.29, 0.717) is 0 Å². The van der Waals surface area contributed by atoms with Crippen LogP contribution in [0, 0.1) is 0 Å². The van der Waals surface area contributed by atoms with Crippen LogP contribution in [0.4, 0.5) is 0 Å². The van der Waals surface area contributed by atoms with Crippen molar-refractivity contribution in [3.8, 4) is 0 Å². The molecule has 0 saturated carbocycles. The first-order chi connectivity index (χ1) is 8.80. The van der Waals surface area contributed by atoms with Crippen LogP contribution in [-0.4, -0.2) is 27.9 Å². The first kappa shape index (κ1) is 12.7. The second-order valence-electron chi connectivity index (χ2n) is 6.19. The second kappa shape index (κ2) is 3.84. The van der Waals surface area contributed by atoms with Crippen LogP contribution in [0.3, 0.4) is 0 Å². The summed E-state index contributed by atoms with van der Waals surface area (Å²) in [6.45, 7) is 8.25. The van der Waals surface area contributed by atoms with E-state index in [-0.39, 0.29) is 18.3 Å². The number of imidazole rings is 1. The molecule has 0 radical (unpaired) electrons. The first-order valence-electron chi connectivity index (χ1n) is 6.57. The maximum atomic E-state index is 6.05. The molecule has 1 aliphatic rings. The van der Waals surface area contributed by atoms with Gasteiger partial charge < -0.3 is 13.9 Å². The molecule has 1 aromatic heterocycles. The number of fused-ring (bicyclic) bond motifs is 1. The molecule has 0 spiro atoms. The highest BCUT2D eigenvalue weighted by atomic mass is 16.7. The summed E-state index contributed by atoms with van der Waals surface area (Å²) < 4.78 is 14.1. The van der Waals surface area contributed by atoms with Gasteiger partial charge in [-0.1, -0.05) is 6.07 Å². The number of hydrogen-bond acceptors (Lipinski definition) is 3. The van der Waals surface area contributed by atoms with Crippen molar-refractivity contribution in [2.45, 2.75) is 38.9 Å². The van der Waals surface area contributed by atoms with Gasteiger partial charge in [-0.15, -0.1) is 0 Å². The molecule has 0 N–H and O–H groups in total. The van der Waals surface area contributed by atoms with E-state index in [1.165, 1.54) is 0 Å². The molecular weight excluding hydrogens is 239 g/mol. The Hall–Kier alpha value is -1.33. The topological polar surface area (TPSA) is 36.3 Å². The molecule has 100 valence electrons. The van der Waals surface area contributed by atoms with Crippen LogP contribution >= 0.6 is 0 Å². The Morgan fingerprint density at radius 1 is 1.11 bits per heavy atom. The minimum absolute atomic E-state index is 0.309. The second-order valence-corrected chi connectivity index (χ2v) is 6.19. The number of aromatic nitrogens is 2. The third-order valence-electron chi connectivity index (χ3n) is 4.27. The number of hydrogen-bond donors (Lipinski definition) is 0. The fourth-order valence-electron chi connectivity index (χ4n) is 2.28. The van der Waals surface area contributed by atoms with Crippen molar-refractivity contribution < 1.29 is 9.31 Å². The fourth-order valence-corrected chi connectivity index (χ4v) is 2.28. The molecule has 4 nitrogen and oxygen atoms in total. The number of aryl methyl sites for hydroxylation is 1. The Balaban J connectivity index is 1.98. The minimum Gasteiger partial charge on any atom is -0.399 e. The van der Waals surface area contributed by atoms with E-state index in [0.717, 1.165) is 16.5 Å². The zero-order chi connectivity index (χ0) is 13.8. The lowest BCUT2D eigenvalue weighted by atomic mass is 9.79. The summed E-state index contributed by atoms with van der Waals surface area (Å²) in [5.74, 6) is 0. The van der Waals surface area contributed by atoms with Gasteiger partial charge in [-0.3, -0.25) is 0 Å². The van der Waals surface area contributed by atoms with Crippen molar-refractivity contribution in [3.63, 3.8) is 0 Å². The van der Waals surface area contributed by atoms with Gasteiger partial charge >= 0.3 is 7.12 Å². The number of rotatable bonds is 1. The Morgan fingerprint density at radius 3 is 2.37 bits per heavy atom. The molecule has 0 atom stereocenters. The molecular formula is C14H19BN2O2. The van der Waals surface area contributed by atoms with Gasteiger partial charge in [0.15, 0.2) is 0 Å². The molecule has 1 aromatic carbocycles. The van der Waals surface area contributed by atoms with E-state index < -0.39 is 0 Å². The average Bonchev–Trinajstić information content (AvgIpc) is 2.78. The van der Waals surface area contributed by atoms with Crippen LogP contribution in [0.1, 0.15) is 27.7 Å². The molecule has 0 aliphatic carbocycles. The van der Waals surface area contributed by atoms with Gasteiger partial charge in [0.1, 0.15) is 0 Å². The molecule has 0 amide bonds. The Labute approximate surface area is 113 Å². The third-order valence-corrected chi connectivity index (χ3v) is 4.27. The minimum atomic E-state index is -0.323. The highest BCUT2D eigenvalue weighted by Crippen LogP contribution is 2.36. The van der Waals surface area contributed by atoms with Crippen LogP contribution in [0.2, 0.25) is 0 Å². The summed E-state index contributed by atoms with van der Waals surface area (Å²) in [6, 6.07) is 6.15. The normalized spacial score (nSPS) is 21.2. The van der Waals surface area contributed by atoms with Crippen molar-refractivity contribution in [1.82, 2.24) is 9.55 Å². The molecule has 1 fully saturated rings. The van der Waals surface area contributed by atoms with Gasteiger partial charge in [-0.05, 0) is 45.3 Å². The van der Waals surface area contributed by atoms with Gasteiger partial charge in [0, 0.05) is 7.05 Å². The summed E-state index contributed by atoms with van der Waals surface area (Å²) in [7, 11) is 1.67. The number of nitrogens with zero attached hydrogens (tertiary/aromatic N) is 2. The maximum Gasteiger partial charge on any atom is 0.494 e. The van der Waals surface area contributed by atoms with Crippen LogP contribution in [0.15, 0.2) is 24.5 Å². The Kier molecular flexibility index (Phi) is 2.56. The lowest BCUT2D eigenvalue weighted by Gasteiger charge is -2.32. The molecule has 0 bridgehead atoms. The summed E-state index contributed by atoms with van der Waals surface area (Å²) in [5.41, 5.74) is 2.48. The maximum absolute atomic E-state index is 6.05. The van der Waals surface area contributed by atoms with Gasteiger partial charge in [0.05, 0.1) is 28.6 Å². The van der Waals surface area contributed by atoms with Crippen LogP contribution in [-0.2, 0) is 16.4 Å². The molecule has 19 heavy (non-hydrogen) atoms. The lowest BCUT2D eigenvalue weighted by Crippen LogP contribution is -2.41. The first-order valence-corrected chi connectivity index (χ1v) is 6.57. The predicted octanol–water partition coefficient (Wildman–Crippen LogP) is 1.87. The molecule has 1 aliphatic heterocycles. The summed E-state index contributed by atoms with van der Waals surface area (Å²) in [6.07, 6.45) is 1.82. The van der Waals surface area contributed by atoms with Crippen molar-refractivity contribution in [2.24, 2.45) is 7.05 Å². The van der Waals surface area contributed by atoms with E-state index in [2.05, 4.69) is 38.7 Å². The zero-order valence-electron chi connectivity index (χ0n) is 12.1. The predicted molar refractivity (Wildman–Crippen MR) is 76.4 cm³/mol. The van der Waals surface area contributed by atoms with E-state index in [9.17, 15) is 0 Å². The van der Waals surface area contributed by atoms with Crippen molar-refractivity contribution in [3.05, 3.63) is 24.5 Å². The SMILES string of the molecule is Cn1cnc2cc(B3OC(C)(C)C(C)(C)O3)ccc21. The summed E-state index contributed by atoms with van der Waals surface area (Å²) in [4.78, 5) is 4.37. The third kappa shape index (κ3) is 1.88. The van der Waals surface area contributed by atoms with Crippen LogP contribution in [0.25, 0.3) is 11.0 Å². The van der Waals surface area contributed by atoms with Crippen molar-refractivity contribution in [1.29, 1.82) is 0 Å². The van der Waals surface area contributed by atoms with Gasteiger partial charge in [0.2, 0.25) is 0 Å². The molecule has 2 aromatic rings.